The van der Waals surface area contributed by atoms with Gasteiger partial charge in [-0.1, -0.05) is 232 Å². The van der Waals surface area contributed by atoms with Gasteiger partial charge < -0.3 is 14.5 Å². The Morgan fingerprint density at radius 3 is 1.62 bits per heavy atom. The maximum Gasteiger partial charge on any atom is 0.137 e. The van der Waals surface area contributed by atoms with E-state index < -0.39 is 0 Å². The molecule has 0 atom stereocenters. The Kier molecular flexibility index (Phi) is 13.5. The zero-order chi connectivity index (χ0) is 58.1. The number of hydrogen-bond acceptors (Lipinski definition) is 4. The van der Waals surface area contributed by atoms with E-state index in [1.165, 1.54) is 66.8 Å². The number of ether oxygens (including phenoxy) is 1. The quantitative estimate of drug-likeness (QED) is 0.137. The first-order chi connectivity index (χ1) is 40.4. The van der Waals surface area contributed by atoms with Gasteiger partial charge >= 0.3 is 0 Å². The second-order valence-electron chi connectivity index (χ2n) is 25.8. The van der Waals surface area contributed by atoms with Gasteiger partial charge in [-0.25, -0.2) is 4.98 Å². The molecule has 1 aliphatic rings. The summed E-state index contributed by atoms with van der Waals surface area (Å²) >= 11 is 0. The Morgan fingerprint density at radius 1 is 0.381 bits per heavy atom. The summed E-state index contributed by atoms with van der Waals surface area (Å²) in [5.74, 6) is 2.36. The summed E-state index contributed by atoms with van der Waals surface area (Å²) in [5, 5.41) is 2.29. The third kappa shape index (κ3) is 10.2. The first-order valence-electron chi connectivity index (χ1n) is 29.5. The molecule has 0 spiro atoms. The highest BCUT2D eigenvalue weighted by atomic mass is 16.5. The highest BCUT2D eigenvalue weighted by Crippen LogP contribution is 2.51. The molecule has 0 bridgehead atoms. The van der Waals surface area contributed by atoms with Crippen LogP contribution in [0, 0.1) is 6.92 Å². The van der Waals surface area contributed by atoms with Crippen molar-refractivity contribution in [2.45, 2.75) is 85.5 Å². The summed E-state index contributed by atoms with van der Waals surface area (Å²) in [6.07, 6.45) is 2.07. The second kappa shape index (κ2) is 21.1. The standard InChI is InChI=1S/C79H72N4O/c1-52-29-31-56(32-30-52)69-50-80-75(49-70(69)79(8,9)10)83-71-44-37-58(54-33-38-60(39-34-54)77(2,3)4)46-68(71)67-43-42-64(48-74(67)83)84-63-24-17-23-62(47-63)81-51-82(73-28-15-14-27-72(73)81)76-65(55-35-40-61(41-36-55)78(5,6)7)25-18-26-66(76)59-22-16-21-57(45-59)53-19-12-11-13-20-53/h11-50H,51H2,1-10H3. The minimum atomic E-state index is -0.159. The molecule has 0 radical (unpaired) electrons. The van der Waals surface area contributed by atoms with Crippen molar-refractivity contribution >= 4 is 44.6 Å². The lowest BCUT2D eigenvalue weighted by atomic mass is 9.82. The zero-order valence-electron chi connectivity index (χ0n) is 50.0. The number of benzene rings is 10. The van der Waals surface area contributed by atoms with E-state index in [0.717, 1.165) is 73.0 Å². The van der Waals surface area contributed by atoms with Crippen LogP contribution in [0.15, 0.2) is 243 Å². The van der Waals surface area contributed by atoms with Gasteiger partial charge in [-0.05, 0) is 139 Å². The van der Waals surface area contributed by atoms with E-state index in [1.54, 1.807) is 0 Å². The van der Waals surface area contributed by atoms with Crippen LogP contribution in [-0.2, 0) is 16.2 Å². The van der Waals surface area contributed by atoms with Crippen molar-refractivity contribution in [2.24, 2.45) is 0 Å². The molecule has 0 aliphatic carbocycles. The minimum absolute atomic E-state index is 0.0361. The molecule has 10 aromatic carbocycles. The number of hydrogen-bond donors (Lipinski definition) is 0. The zero-order valence-corrected chi connectivity index (χ0v) is 50.0. The van der Waals surface area contributed by atoms with Crippen molar-refractivity contribution in [1.29, 1.82) is 0 Å². The van der Waals surface area contributed by atoms with Crippen molar-refractivity contribution in [3.63, 3.8) is 0 Å². The lowest BCUT2D eigenvalue weighted by molar-refractivity contribution is 0.483. The fourth-order valence-electron chi connectivity index (χ4n) is 12.2. The van der Waals surface area contributed by atoms with Crippen LogP contribution in [0.1, 0.15) is 84.6 Å². The van der Waals surface area contributed by atoms with Gasteiger partial charge in [0, 0.05) is 51.5 Å². The van der Waals surface area contributed by atoms with E-state index in [0.29, 0.717) is 6.67 Å². The molecule has 414 valence electrons. The topological polar surface area (TPSA) is 33.5 Å². The summed E-state index contributed by atoms with van der Waals surface area (Å²) in [6.45, 7) is 23.2. The van der Waals surface area contributed by atoms with E-state index in [4.69, 9.17) is 9.72 Å². The lowest BCUT2D eigenvalue weighted by Crippen LogP contribution is -2.25. The smallest absolute Gasteiger partial charge is 0.137 e. The molecule has 0 saturated carbocycles. The fraction of sp³-hybridized carbons (Fsp3) is 0.177. The predicted octanol–water partition coefficient (Wildman–Crippen LogP) is 21.8. The normalized spacial score (nSPS) is 12.8. The maximum absolute atomic E-state index is 7.03. The van der Waals surface area contributed by atoms with Crippen molar-refractivity contribution in [1.82, 2.24) is 9.55 Å². The molecule has 84 heavy (non-hydrogen) atoms. The maximum atomic E-state index is 7.03. The van der Waals surface area contributed by atoms with Gasteiger partial charge in [0.25, 0.3) is 0 Å². The second-order valence-corrected chi connectivity index (χ2v) is 25.8. The van der Waals surface area contributed by atoms with E-state index in [1.807, 2.05) is 0 Å². The Bertz CT molecular complexity index is 4420. The molecule has 13 rings (SSSR count). The average Bonchev–Trinajstić information content (AvgIpc) is 1.76. The molecule has 12 aromatic rings. The molecule has 0 unspecified atom stereocenters. The van der Waals surface area contributed by atoms with E-state index >= 15 is 0 Å². The van der Waals surface area contributed by atoms with E-state index in [9.17, 15) is 0 Å². The van der Waals surface area contributed by atoms with Crippen LogP contribution >= 0.6 is 0 Å². The lowest BCUT2D eigenvalue weighted by Gasteiger charge is -2.28. The van der Waals surface area contributed by atoms with Crippen molar-refractivity contribution in [2.75, 3.05) is 16.5 Å². The summed E-state index contributed by atoms with van der Waals surface area (Å²) < 4.78 is 9.36. The SMILES string of the molecule is Cc1ccc(-c2cnc(-n3c4ccc(-c5ccc(C(C)(C)C)cc5)cc4c4ccc(Oc5cccc(N6CN(c7c(-c8ccc(C(C)(C)C)cc8)cccc7-c7cccc(-c8ccccc8)c7)c7ccccc76)c5)cc43)cc2C(C)(C)C)cc1. The first-order valence-corrected chi connectivity index (χ1v) is 29.5. The first kappa shape index (κ1) is 53.8. The van der Waals surface area contributed by atoms with Crippen LogP contribution in [0.3, 0.4) is 0 Å². The van der Waals surface area contributed by atoms with Crippen molar-refractivity contribution in [3.05, 3.63) is 265 Å². The van der Waals surface area contributed by atoms with Gasteiger partial charge in [-0.3, -0.25) is 4.57 Å². The van der Waals surface area contributed by atoms with Gasteiger partial charge in [0.1, 0.15) is 24.0 Å². The molecule has 5 heteroatoms. The summed E-state index contributed by atoms with van der Waals surface area (Å²) in [5.41, 5.74) is 23.4. The monoisotopic (exact) mass is 1090 g/mol. The van der Waals surface area contributed by atoms with Crippen molar-refractivity contribution in [3.8, 4) is 73.0 Å². The number of anilines is 4. The molecule has 1 aliphatic heterocycles. The van der Waals surface area contributed by atoms with E-state index in [2.05, 4.69) is 326 Å². The Labute approximate surface area is 496 Å². The number of pyridine rings is 1. The number of nitrogens with zero attached hydrogens (tertiary/aromatic N) is 4. The van der Waals surface area contributed by atoms with Crippen molar-refractivity contribution < 1.29 is 4.74 Å². The van der Waals surface area contributed by atoms with Crippen LogP contribution in [0.5, 0.6) is 11.5 Å². The van der Waals surface area contributed by atoms with Crippen LogP contribution in [0.2, 0.25) is 0 Å². The average molecular weight is 1090 g/mol. The van der Waals surface area contributed by atoms with Gasteiger partial charge in [0.15, 0.2) is 0 Å². The molecule has 0 saturated heterocycles. The van der Waals surface area contributed by atoms with E-state index in [-0.39, 0.29) is 16.2 Å². The van der Waals surface area contributed by atoms with Crippen LogP contribution in [-0.4, -0.2) is 16.2 Å². The molecular formula is C79H72N4O. The van der Waals surface area contributed by atoms with Gasteiger partial charge in [-0.2, -0.15) is 0 Å². The summed E-state index contributed by atoms with van der Waals surface area (Å²) in [7, 11) is 0. The van der Waals surface area contributed by atoms with Crippen LogP contribution in [0.25, 0.3) is 83.3 Å². The molecule has 0 amide bonds. The number of aromatic nitrogens is 2. The minimum Gasteiger partial charge on any atom is -0.457 e. The van der Waals surface area contributed by atoms with Gasteiger partial charge in [0.05, 0.1) is 28.1 Å². The largest absolute Gasteiger partial charge is 0.457 e. The molecule has 3 heterocycles. The third-order valence-corrected chi connectivity index (χ3v) is 16.9. The summed E-state index contributed by atoms with van der Waals surface area (Å²) in [4.78, 5) is 10.2. The molecule has 0 fully saturated rings. The van der Waals surface area contributed by atoms with Gasteiger partial charge in [-0.15, -0.1) is 0 Å². The number of aryl methyl sites for hydroxylation is 1. The number of para-hydroxylation sites is 3. The Balaban J connectivity index is 0.896. The highest BCUT2D eigenvalue weighted by Gasteiger charge is 2.32. The van der Waals surface area contributed by atoms with Gasteiger partial charge in [0.2, 0.25) is 0 Å². The van der Waals surface area contributed by atoms with Crippen LogP contribution in [0.4, 0.5) is 22.7 Å². The Hall–Kier alpha value is -9.45. The Morgan fingerprint density at radius 2 is 0.929 bits per heavy atom. The third-order valence-electron chi connectivity index (χ3n) is 16.9. The molecule has 2 aromatic heterocycles. The fourth-order valence-corrected chi connectivity index (χ4v) is 12.2. The number of fused-ring (bicyclic) bond motifs is 4. The molecular weight excluding hydrogens is 1020 g/mol. The predicted molar refractivity (Wildman–Crippen MR) is 355 cm³/mol. The molecule has 5 nitrogen and oxygen atoms in total. The number of rotatable bonds is 10. The highest BCUT2D eigenvalue weighted by molar-refractivity contribution is 6.11. The molecule has 0 N–H and O–H groups in total. The summed E-state index contributed by atoms with van der Waals surface area (Å²) in [6, 6.07) is 86.5. The van der Waals surface area contributed by atoms with Crippen LogP contribution < -0.4 is 14.5 Å².